The van der Waals surface area contributed by atoms with Crippen LogP contribution in [0.1, 0.15) is 23.6 Å². The molecule has 1 aliphatic heterocycles. The third-order valence-electron chi connectivity index (χ3n) is 4.09. The first-order valence-electron chi connectivity index (χ1n) is 8.51. The van der Waals surface area contributed by atoms with E-state index < -0.39 is 18.0 Å². The second-order valence-corrected chi connectivity index (χ2v) is 6.21. The molecule has 1 fully saturated rings. The molecule has 1 saturated heterocycles. The lowest BCUT2D eigenvalue weighted by Gasteiger charge is -2.13. The maximum absolute atomic E-state index is 14.5. The van der Waals surface area contributed by atoms with Crippen LogP contribution in [0.4, 0.5) is 14.9 Å². The van der Waals surface area contributed by atoms with Crippen molar-refractivity contribution in [3.05, 3.63) is 59.2 Å². The van der Waals surface area contributed by atoms with Crippen molar-refractivity contribution in [2.75, 3.05) is 18.0 Å². The van der Waals surface area contributed by atoms with E-state index in [4.69, 9.17) is 10.00 Å². The smallest absolute Gasteiger partial charge is 0.414 e. The molecule has 0 unspecified atom stereocenters. The van der Waals surface area contributed by atoms with Crippen LogP contribution in [0.2, 0.25) is 0 Å². The van der Waals surface area contributed by atoms with E-state index in [0.717, 1.165) is 0 Å². The minimum absolute atomic E-state index is 0.205. The summed E-state index contributed by atoms with van der Waals surface area (Å²) in [5.41, 5.74) is 1.79. The minimum atomic E-state index is -0.586. The van der Waals surface area contributed by atoms with Crippen LogP contribution in [0, 0.1) is 17.1 Å². The number of nitriles is 1. The SMILES string of the molecule is CC(=O)NC[C@H]1CN(c2ccc(C=Cc3cncc(C#N)c3)c(F)c2)C(=O)O1. The minimum Gasteiger partial charge on any atom is -0.442 e. The topological polar surface area (TPSA) is 95.3 Å². The molecule has 0 saturated carbocycles. The number of anilines is 1. The monoisotopic (exact) mass is 380 g/mol. The van der Waals surface area contributed by atoms with Crippen LogP contribution in [-0.4, -0.2) is 36.2 Å². The van der Waals surface area contributed by atoms with Crippen LogP contribution >= 0.6 is 0 Å². The zero-order valence-corrected chi connectivity index (χ0v) is 15.1. The molecule has 142 valence electrons. The van der Waals surface area contributed by atoms with Crippen LogP contribution in [0.15, 0.2) is 36.7 Å². The lowest BCUT2D eigenvalue weighted by atomic mass is 10.1. The fourth-order valence-corrected chi connectivity index (χ4v) is 2.71. The Morgan fingerprint density at radius 3 is 2.96 bits per heavy atom. The molecular weight excluding hydrogens is 363 g/mol. The van der Waals surface area contributed by atoms with Gasteiger partial charge in [-0.25, -0.2) is 9.18 Å². The van der Waals surface area contributed by atoms with Gasteiger partial charge in [-0.05, 0) is 29.8 Å². The molecule has 1 N–H and O–H groups in total. The zero-order chi connectivity index (χ0) is 20.1. The van der Waals surface area contributed by atoms with Gasteiger partial charge in [-0.2, -0.15) is 5.26 Å². The molecule has 2 amide bonds. The number of nitrogens with zero attached hydrogens (tertiary/aromatic N) is 3. The van der Waals surface area contributed by atoms with Crippen LogP contribution in [0.25, 0.3) is 12.2 Å². The fraction of sp³-hybridized carbons (Fsp3) is 0.200. The van der Waals surface area contributed by atoms with Gasteiger partial charge in [-0.15, -0.1) is 0 Å². The number of aromatic nitrogens is 1. The van der Waals surface area contributed by atoms with Crippen molar-refractivity contribution in [3.8, 4) is 6.07 Å². The highest BCUT2D eigenvalue weighted by Gasteiger charge is 2.32. The number of rotatable bonds is 5. The molecule has 0 radical (unpaired) electrons. The number of ether oxygens (including phenoxy) is 1. The summed E-state index contributed by atoms with van der Waals surface area (Å²) in [6, 6.07) is 8.07. The number of nitrogens with one attached hydrogen (secondary N) is 1. The number of cyclic esters (lactones) is 1. The quantitative estimate of drug-likeness (QED) is 0.861. The molecule has 1 atom stereocenters. The highest BCUT2D eigenvalue weighted by molar-refractivity contribution is 5.90. The van der Waals surface area contributed by atoms with Crippen molar-refractivity contribution in [2.24, 2.45) is 0 Å². The van der Waals surface area contributed by atoms with Gasteiger partial charge < -0.3 is 10.1 Å². The van der Waals surface area contributed by atoms with E-state index in [1.54, 1.807) is 36.5 Å². The second-order valence-electron chi connectivity index (χ2n) is 6.21. The molecule has 1 aromatic carbocycles. The van der Waals surface area contributed by atoms with Gasteiger partial charge in [0.15, 0.2) is 0 Å². The Balaban J connectivity index is 1.72. The molecule has 2 aromatic rings. The number of amides is 2. The molecule has 0 spiro atoms. The number of hydrogen-bond donors (Lipinski definition) is 1. The van der Waals surface area contributed by atoms with Crippen molar-refractivity contribution in [2.45, 2.75) is 13.0 Å². The summed E-state index contributed by atoms with van der Waals surface area (Å²) < 4.78 is 19.7. The standard InChI is InChI=1S/C20H17FN4O3/c1-13(26)24-11-18-12-25(20(27)28-18)17-5-4-16(19(21)7-17)3-2-14-6-15(8-22)10-23-9-14/h2-7,9-10,18H,11-12H2,1H3,(H,24,26)/t18-/m0/s1. The molecular formula is C20H17FN4O3. The van der Waals surface area contributed by atoms with Gasteiger partial charge in [0, 0.05) is 24.9 Å². The van der Waals surface area contributed by atoms with E-state index in [1.807, 2.05) is 6.07 Å². The summed E-state index contributed by atoms with van der Waals surface area (Å²) in [5, 5.41) is 11.5. The maximum Gasteiger partial charge on any atom is 0.414 e. The van der Waals surface area contributed by atoms with Gasteiger partial charge in [0.1, 0.15) is 18.0 Å². The summed E-state index contributed by atoms with van der Waals surface area (Å²) in [7, 11) is 0. The predicted molar refractivity (Wildman–Crippen MR) is 101 cm³/mol. The summed E-state index contributed by atoms with van der Waals surface area (Å²) in [6.07, 6.45) is 5.16. The average Bonchev–Trinajstić information content (AvgIpc) is 3.06. The Labute approximate surface area is 161 Å². The third kappa shape index (κ3) is 4.51. The lowest BCUT2D eigenvalue weighted by Crippen LogP contribution is -2.33. The molecule has 1 aliphatic rings. The molecule has 2 heterocycles. The first-order valence-corrected chi connectivity index (χ1v) is 8.51. The first kappa shape index (κ1) is 19.0. The van der Waals surface area contributed by atoms with Gasteiger partial charge >= 0.3 is 6.09 Å². The van der Waals surface area contributed by atoms with E-state index in [0.29, 0.717) is 22.4 Å². The number of pyridine rings is 1. The molecule has 8 heteroatoms. The molecule has 7 nitrogen and oxygen atoms in total. The molecule has 0 aliphatic carbocycles. The van der Waals surface area contributed by atoms with Gasteiger partial charge in [-0.1, -0.05) is 12.2 Å². The fourth-order valence-electron chi connectivity index (χ4n) is 2.71. The number of carbonyl (C=O) groups is 2. The van der Waals surface area contributed by atoms with Gasteiger partial charge in [-0.3, -0.25) is 14.7 Å². The molecule has 0 bridgehead atoms. The van der Waals surface area contributed by atoms with Gasteiger partial charge in [0.05, 0.1) is 24.3 Å². The van der Waals surface area contributed by atoms with Crippen LogP contribution in [0.3, 0.4) is 0 Å². The Hall–Kier alpha value is -3.73. The lowest BCUT2D eigenvalue weighted by molar-refractivity contribution is -0.119. The molecule has 3 rings (SSSR count). The number of carbonyl (C=O) groups excluding carboxylic acids is 2. The van der Waals surface area contributed by atoms with E-state index >= 15 is 0 Å². The number of halogens is 1. The second kappa shape index (κ2) is 8.31. The van der Waals surface area contributed by atoms with E-state index in [-0.39, 0.29) is 19.0 Å². The normalized spacial score (nSPS) is 16.1. The van der Waals surface area contributed by atoms with Crippen LogP contribution in [0.5, 0.6) is 0 Å². The summed E-state index contributed by atoms with van der Waals surface area (Å²) in [6.45, 7) is 1.81. The number of hydrogen-bond acceptors (Lipinski definition) is 5. The first-order chi connectivity index (χ1) is 13.5. The Morgan fingerprint density at radius 2 is 2.25 bits per heavy atom. The summed E-state index contributed by atoms with van der Waals surface area (Å²) in [4.78, 5) is 28.3. The number of benzene rings is 1. The van der Waals surface area contributed by atoms with Gasteiger partial charge in [0.2, 0.25) is 5.91 Å². The highest BCUT2D eigenvalue weighted by Crippen LogP contribution is 2.24. The molecule has 1 aromatic heterocycles. The third-order valence-corrected chi connectivity index (χ3v) is 4.09. The Morgan fingerprint density at radius 1 is 1.43 bits per heavy atom. The summed E-state index contributed by atoms with van der Waals surface area (Å²) in [5.74, 6) is -0.719. The molecule has 28 heavy (non-hydrogen) atoms. The maximum atomic E-state index is 14.5. The average molecular weight is 380 g/mol. The Kier molecular flexibility index (Phi) is 5.65. The van der Waals surface area contributed by atoms with E-state index in [1.165, 1.54) is 24.1 Å². The van der Waals surface area contributed by atoms with Crippen molar-refractivity contribution in [3.63, 3.8) is 0 Å². The zero-order valence-electron chi connectivity index (χ0n) is 15.1. The van der Waals surface area contributed by atoms with Crippen molar-refractivity contribution in [1.82, 2.24) is 10.3 Å². The van der Waals surface area contributed by atoms with E-state index in [9.17, 15) is 14.0 Å². The summed E-state index contributed by atoms with van der Waals surface area (Å²) >= 11 is 0. The Bertz CT molecular complexity index is 984. The van der Waals surface area contributed by atoms with Gasteiger partial charge in [0.25, 0.3) is 0 Å². The van der Waals surface area contributed by atoms with Crippen LogP contribution in [-0.2, 0) is 9.53 Å². The van der Waals surface area contributed by atoms with Crippen molar-refractivity contribution in [1.29, 1.82) is 5.26 Å². The van der Waals surface area contributed by atoms with Crippen LogP contribution < -0.4 is 10.2 Å². The largest absolute Gasteiger partial charge is 0.442 e. The van der Waals surface area contributed by atoms with Crippen molar-refractivity contribution >= 4 is 29.8 Å². The highest BCUT2D eigenvalue weighted by atomic mass is 19.1. The van der Waals surface area contributed by atoms with E-state index in [2.05, 4.69) is 10.3 Å². The predicted octanol–water partition coefficient (Wildman–Crippen LogP) is 2.72. The van der Waals surface area contributed by atoms with Crippen molar-refractivity contribution < 1.29 is 18.7 Å².